The zero-order valence-corrected chi connectivity index (χ0v) is 27.0. The maximum Gasteiger partial charge on any atom is 0.262 e. The van der Waals surface area contributed by atoms with E-state index in [2.05, 4.69) is 56.5 Å². The third kappa shape index (κ3) is 8.38. The molecule has 2 N–H and O–H groups in total. The summed E-state index contributed by atoms with van der Waals surface area (Å²) in [7, 11) is 3.78. The molecular weight excluding hydrogens is 564 g/mol. The van der Waals surface area contributed by atoms with Crippen molar-refractivity contribution in [2.75, 3.05) is 57.5 Å². The van der Waals surface area contributed by atoms with Gasteiger partial charge in [-0.3, -0.25) is 4.79 Å². The number of aromatic nitrogens is 2. The van der Waals surface area contributed by atoms with Crippen LogP contribution < -0.4 is 20.1 Å². The Balaban J connectivity index is 1.36. The number of carbonyl (C=O) groups is 1. The standard InChI is InChI=1S/C36H44N6O3/c1-6-8-28-13-16-31(32(23-28)44-5)45-35-30(34(43)39-33-25(2)9-7-10-26(33)3)24-37-36(40-35)38-29-14-11-27(12-15-29)17-18-42-21-19-41(4)20-22-42/h7,9-16,23-24H,6,8,17-22H2,1-5H3,(H,39,43)(H,37,38,40). The van der Waals surface area contributed by atoms with Gasteiger partial charge in [-0.2, -0.15) is 4.98 Å². The SMILES string of the molecule is CCCc1ccc(Oc2nc(Nc3ccc(CCN4CCN(C)CC4)cc3)ncc2C(=O)Nc2c(C)cccc2C)c(OC)c1. The van der Waals surface area contributed by atoms with Crippen molar-refractivity contribution in [3.8, 4) is 17.4 Å². The Hall–Kier alpha value is -4.47. The number of likely N-dealkylation sites (N-methyl/N-ethyl adjacent to an activating group) is 1. The van der Waals surface area contributed by atoms with Crippen LogP contribution in [0.2, 0.25) is 0 Å². The van der Waals surface area contributed by atoms with Crippen molar-refractivity contribution < 1.29 is 14.3 Å². The Kier molecular flexibility index (Phi) is 10.7. The Labute approximate surface area is 266 Å². The molecule has 9 heteroatoms. The molecule has 1 saturated heterocycles. The van der Waals surface area contributed by atoms with Gasteiger partial charge in [-0.05, 0) is 80.3 Å². The predicted octanol–water partition coefficient (Wildman–Crippen LogP) is 6.63. The molecule has 3 aromatic carbocycles. The second-order valence-electron chi connectivity index (χ2n) is 11.7. The van der Waals surface area contributed by atoms with E-state index in [9.17, 15) is 4.79 Å². The first kappa shape index (κ1) is 31.9. The van der Waals surface area contributed by atoms with E-state index in [0.29, 0.717) is 17.4 Å². The van der Waals surface area contributed by atoms with Gasteiger partial charge in [0.1, 0.15) is 5.56 Å². The number of hydrogen-bond donors (Lipinski definition) is 2. The van der Waals surface area contributed by atoms with Gasteiger partial charge in [0.25, 0.3) is 5.91 Å². The molecule has 0 spiro atoms. The fourth-order valence-electron chi connectivity index (χ4n) is 5.44. The van der Waals surface area contributed by atoms with Crippen LogP contribution in [0, 0.1) is 13.8 Å². The molecule has 0 radical (unpaired) electrons. The number of nitrogens with zero attached hydrogens (tertiary/aromatic N) is 4. The Morgan fingerprint density at radius 1 is 0.911 bits per heavy atom. The highest BCUT2D eigenvalue weighted by atomic mass is 16.5. The Morgan fingerprint density at radius 2 is 1.62 bits per heavy atom. The monoisotopic (exact) mass is 608 g/mol. The van der Waals surface area contributed by atoms with E-state index in [1.165, 1.54) is 11.8 Å². The highest BCUT2D eigenvalue weighted by Gasteiger charge is 2.21. The summed E-state index contributed by atoms with van der Waals surface area (Å²) in [6, 6.07) is 20.0. The van der Waals surface area contributed by atoms with Gasteiger partial charge in [0.15, 0.2) is 11.5 Å². The third-order valence-corrected chi connectivity index (χ3v) is 8.21. The van der Waals surface area contributed by atoms with Crippen molar-refractivity contribution in [3.05, 3.63) is 94.7 Å². The van der Waals surface area contributed by atoms with Gasteiger partial charge in [0, 0.05) is 50.3 Å². The highest BCUT2D eigenvalue weighted by Crippen LogP contribution is 2.34. The quantitative estimate of drug-likeness (QED) is 0.185. The summed E-state index contributed by atoms with van der Waals surface area (Å²) in [5.41, 5.74) is 6.16. The van der Waals surface area contributed by atoms with E-state index in [-0.39, 0.29) is 17.4 Å². The number of methoxy groups -OCH3 is 1. The summed E-state index contributed by atoms with van der Waals surface area (Å²) in [5.74, 6) is 1.12. The average molecular weight is 609 g/mol. The Bertz CT molecular complexity index is 1580. The first-order valence-electron chi connectivity index (χ1n) is 15.7. The number of amides is 1. The molecule has 2 heterocycles. The van der Waals surface area contributed by atoms with Gasteiger partial charge in [-0.25, -0.2) is 4.98 Å². The number of piperazine rings is 1. The van der Waals surface area contributed by atoms with Gasteiger partial charge in [-0.15, -0.1) is 0 Å². The molecule has 0 unspecified atom stereocenters. The minimum Gasteiger partial charge on any atom is -0.493 e. The lowest BCUT2D eigenvalue weighted by atomic mass is 10.1. The zero-order chi connectivity index (χ0) is 31.8. The largest absolute Gasteiger partial charge is 0.493 e. The van der Waals surface area contributed by atoms with Gasteiger partial charge in [0.05, 0.1) is 7.11 Å². The van der Waals surface area contributed by atoms with Gasteiger partial charge < -0.3 is 29.9 Å². The van der Waals surface area contributed by atoms with E-state index < -0.39 is 0 Å². The molecule has 236 valence electrons. The fourth-order valence-corrected chi connectivity index (χ4v) is 5.44. The van der Waals surface area contributed by atoms with Crippen molar-refractivity contribution in [1.82, 2.24) is 19.8 Å². The summed E-state index contributed by atoms with van der Waals surface area (Å²) < 4.78 is 11.9. The normalized spacial score (nSPS) is 13.8. The van der Waals surface area contributed by atoms with Crippen molar-refractivity contribution >= 4 is 23.2 Å². The molecule has 9 nitrogen and oxygen atoms in total. The van der Waals surface area contributed by atoms with Crippen molar-refractivity contribution in [2.45, 2.75) is 40.0 Å². The zero-order valence-electron chi connectivity index (χ0n) is 27.0. The maximum absolute atomic E-state index is 13.6. The summed E-state index contributed by atoms with van der Waals surface area (Å²) >= 11 is 0. The number of carbonyl (C=O) groups excluding carboxylic acids is 1. The van der Waals surface area contributed by atoms with E-state index in [0.717, 1.165) is 80.1 Å². The molecule has 45 heavy (non-hydrogen) atoms. The number of rotatable bonds is 12. The number of anilines is 3. The molecule has 0 atom stereocenters. The fraction of sp³-hybridized carbons (Fsp3) is 0.361. The van der Waals surface area contributed by atoms with E-state index in [4.69, 9.17) is 9.47 Å². The van der Waals surface area contributed by atoms with Crippen LogP contribution in [0.1, 0.15) is 46.0 Å². The van der Waals surface area contributed by atoms with Gasteiger partial charge in [0.2, 0.25) is 11.8 Å². The maximum atomic E-state index is 13.6. The second kappa shape index (κ2) is 15.0. The van der Waals surface area contributed by atoms with Gasteiger partial charge in [-0.1, -0.05) is 49.7 Å². The summed E-state index contributed by atoms with van der Waals surface area (Å²) in [5, 5.41) is 6.31. The summed E-state index contributed by atoms with van der Waals surface area (Å²) in [4.78, 5) is 27.6. The number of nitrogens with one attached hydrogen (secondary N) is 2. The topological polar surface area (TPSA) is 91.9 Å². The van der Waals surface area contributed by atoms with E-state index >= 15 is 0 Å². The molecule has 5 rings (SSSR count). The van der Waals surface area contributed by atoms with Crippen LogP contribution in [0.3, 0.4) is 0 Å². The summed E-state index contributed by atoms with van der Waals surface area (Å²) in [6.45, 7) is 11.6. The molecule has 1 amide bonds. The van der Waals surface area contributed by atoms with Crippen molar-refractivity contribution in [2.24, 2.45) is 0 Å². The van der Waals surface area contributed by atoms with Crippen LogP contribution in [-0.2, 0) is 12.8 Å². The number of hydrogen-bond acceptors (Lipinski definition) is 8. The highest BCUT2D eigenvalue weighted by molar-refractivity contribution is 6.06. The van der Waals surface area contributed by atoms with Crippen LogP contribution in [0.15, 0.2) is 66.9 Å². The average Bonchev–Trinajstić information content (AvgIpc) is 3.04. The molecule has 0 saturated carbocycles. The molecule has 1 aliphatic rings. The van der Waals surface area contributed by atoms with Crippen LogP contribution in [0.5, 0.6) is 17.4 Å². The smallest absolute Gasteiger partial charge is 0.262 e. The lowest BCUT2D eigenvalue weighted by Gasteiger charge is -2.32. The van der Waals surface area contributed by atoms with E-state index in [1.807, 2.05) is 62.4 Å². The second-order valence-corrected chi connectivity index (χ2v) is 11.7. The molecule has 1 aromatic heterocycles. The first-order valence-corrected chi connectivity index (χ1v) is 15.7. The van der Waals surface area contributed by atoms with Crippen molar-refractivity contribution in [3.63, 3.8) is 0 Å². The molecule has 1 aliphatic heterocycles. The molecule has 0 aliphatic carbocycles. The predicted molar refractivity (Wildman–Crippen MR) is 180 cm³/mol. The first-order chi connectivity index (χ1) is 21.8. The minimum atomic E-state index is -0.361. The van der Waals surface area contributed by atoms with Crippen molar-refractivity contribution in [1.29, 1.82) is 0 Å². The van der Waals surface area contributed by atoms with Crippen LogP contribution in [0.25, 0.3) is 0 Å². The van der Waals surface area contributed by atoms with Gasteiger partial charge >= 0.3 is 0 Å². The van der Waals surface area contributed by atoms with Crippen LogP contribution >= 0.6 is 0 Å². The van der Waals surface area contributed by atoms with E-state index in [1.54, 1.807) is 7.11 Å². The Morgan fingerprint density at radius 3 is 2.31 bits per heavy atom. The lowest BCUT2D eigenvalue weighted by molar-refractivity contribution is 0.102. The molecule has 1 fully saturated rings. The number of ether oxygens (including phenoxy) is 2. The van der Waals surface area contributed by atoms with Crippen LogP contribution in [-0.4, -0.2) is 72.6 Å². The number of para-hydroxylation sites is 1. The molecule has 4 aromatic rings. The third-order valence-electron chi connectivity index (χ3n) is 8.21. The minimum absolute atomic E-state index is 0.126. The summed E-state index contributed by atoms with van der Waals surface area (Å²) in [6.07, 6.45) is 4.44. The molecular formula is C36H44N6O3. The molecule has 0 bridgehead atoms. The number of benzene rings is 3. The number of aryl methyl sites for hydroxylation is 3. The lowest BCUT2D eigenvalue weighted by Crippen LogP contribution is -2.45. The van der Waals surface area contributed by atoms with Crippen LogP contribution in [0.4, 0.5) is 17.3 Å².